The smallest absolute Gasteiger partial charge is 0.124 e. The minimum atomic E-state index is -0.253. The van der Waals surface area contributed by atoms with E-state index in [1.54, 1.807) is 24.0 Å². The molecule has 72 valence electrons. The van der Waals surface area contributed by atoms with Crippen LogP contribution in [0.25, 0.3) is 10.9 Å². The summed E-state index contributed by atoms with van der Waals surface area (Å²) >= 11 is 0. The minimum absolute atomic E-state index is 0.253. The molecule has 0 radical (unpaired) electrons. The zero-order chi connectivity index (χ0) is 10.1. The Bertz CT molecular complexity index is 499. The summed E-state index contributed by atoms with van der Waals surface area (Å²) in [6, 6.07) is 4.61. The molecular weight excluding hydrogens is 181 g/mol. The molecule has 2 aromatic rings. The van der Waals surface area contributed by atoms with Gasteiger partial charge >= 0.3 is 0 Å². The van der Waals surface area contributed by atoms with Crippen LogP contribution in [0.15, 0.2) is 23.2 Å². The fourth-order valence-corrected chi connectivity index (χ4v) is 1.48. The van der Waals surface area contributed by atoms with Gasteiger partial charge < -0.3 is 0 Å². The van der Waals surface area contributed by atoms with Gasteiger partial charge in [-0.2, -0.15) is 5.10 Å². The maximum Gasteiger partial charge on any atom is 0.124 e. The summed E-state index contributed by atoms with van der Waals surface area (Å²) in [5.41, 5.74) is 1.60. The summed E-state index contributed by atoms with van der Waals surface area (Å²) in [7, 11) is 3.49. The predicted molar refractivity (Wildman–Crippen MR) is 54.2 cm³/mol. The van der Waals surface area contributed by atoms with Gasteiger partial charge in [0.25, 0.3) is 0 Å². The fourth-order valence-electron chi connectivity index (χ4n) is 1.48. The van der Waals surface area contributed by atoms with E-state index in [0.29, 0.717) is 5.69 Å². The standard InChI is InChI=1S/C10H10FN3/c1-12-6-9-8-5-7(11)3-4-10(8)14(2)13-9/h3-6H,1-2H3. The summed E-state index contributed by atoms with van der Waals surface area (Å²) in [5, 5.41) is 5.01. The Morgan fingerprint density at radius 3 is 3.00 bits per heavy atom. The molecule has 1 heterocycles. The Hall–Kier alpha value is -1.71. The first-order valence-electron chi connectivity index (χ1n) is 4.27. The number of benzene rings is 1. The molecule has 4 heteroatoms. The van der Waals surface area contributed by atoms with Gasteiger partial charge in [0.1, 0.15) is 11.5 Å². The van der Waals surface area contributed by atoms with E-state index >= 15 is 0 Å². The SMILES string of the molecule is CN=Cc1nn(C)c2ccc(F)cc12. The third kappa shape index (κ3) is 1.28. The number of hydrogen-bond acceptors (Lipinski definition) is 2. The van der Waals surface area contributed by atoms with Crippen LogP contribution in [-0.4, -0.2) is 23.0 Å². The van der Waals surface area contributed by atoms with E-state index < -0.39 is 0 Å². The van der Waals surface area contributed by atoms with Gasteiger partial charge in [0.2, 0.25) is 0 Å². The summed E-state index contributed by atoms with van der Waals surface area (Å²) < 4.78 is 14.7. The molecule has 1 aromatic carbocycles. The van der Waals surface area contributed by atoms with Crippen molar-refractivity contribution in [1.29, 1.82) is 0 Å². The van der Waals surface area contributed by atoms with E-state index in [-0.39, 0.29) is 5.82 Å². The van der Waals surface area contributed by atoms with E-state index in [9.17, 15) is 4.39 Å². The van der Waals surface area contributed by atoms with Crippen LogP contribution >= 0.6 is 0 Å². The van der Waals surface area contributed by atoms with Gasteiger partial charge in [0, 0.05) is 25.7 Å². The summed E-state index contributed by atoms with van der Waals surface area (Å²) in [6.07, 6.45) is 1.63. The van der Waals surface area contributed by atoms with Crippen LogP contribution in [0.2, 0.25) is 0 Å². The third-order valence-electron chi connectivity index (χ3n) is 2.09. The number of halogens is 1. The molecule has 0 N–H and O–H groups in total. The lowest BCUT2D eigenvalue weighted by Crippen LogP contribution is -1.90. The molecule has 0 unspecified atom stereocenters. The van der Waals surface area contributed by atoms with Crippen LogP contribution in [0.3, 0.4) is 0 Å². The first kappa shape index (κ1) is 8.87. The van der Waals surface area contributed by atoms with Crippen LogP contribution in [-0.2, 0) is 7.05 Å². The molecule has 0 fully saturated rings. The maximum atomic E-state index is 13.0. The normalized spacial score (nSPS) is 11.6. The van der Waals surface area contributed by atoms with Crippen molar-refractivity contribution in [3.05, 3.63) is 29.7 Å². The van der Waals surface area contributed by atoms with Gasteiger partial charge in [-0.25, -0.2) is 4.39 Å². The zero-order valence-electron chi connectivity index (χ0n) is 8.03. The van der Waals surface area contributed by atoms with E-state index in [2.05, 4.69) is 10.1 Å². The molecule has 0 amide bonds. The second-order valence-electron chi connectivity index (χ2n) is 3.06. The molecule has 1 aromatic heterocycles. The molecule has 2 rings (SSSR count). The van der Waals surface area contributed by atoms with Crippen molar-refractivity contribution >= 4 is 17.1 Å². The molecule has 0 aliphatic rings. The Labute approximate surface area is 80.9 Å². The van der Waals surface area contributed by atoms with Crippen LogP contribution in [0.4, 0.5) is 4.39 Å². The Morgan fingerprint density at radius 2 is 2.29 bits per heavy atom. The quantitative estimate of drug-likeness (QED) is 0.632. The highest BCUT2D eigenvalue weighted by atomic mass is 19.1. The fraction of sp³-hybridized carbons (Fsp3) is 0.200. The average molecular weight is 191 g/mol. The molecule has 0 spiro atoms. The van der Waals surface area contributed by atoms with Gasteiger partial charge in [0.05, 0.1) is 5.52 Å². The Balaban J connectivity index is 2.78. The van der Waals surface area contributed by atoms with Crippen molar-refractivity contribution in [2.75, 3.05) is 7.05 Å². The summed E-state index contributed by atoms with van der Waals surface area (Å²) in [6.45, 7) is 0. The molecular formula is C10H10FN3. The molecule has 0 aliphatic carbocycles. The second-order valence-corrected chi connectivity index (χ2v) is 3.06. The summed E-state index contributed by atoms with van der Waals surface area (Å²) in [5.74, 6) is -0.253. The highest BCUT2D eigenvalue weighted by Crippen LogP contribution is 2.17. The van der Waals surface area contributed by atoms with Crippen molar-refractivity contribution in [1.82, 2.24) is 9.78 Å². The zero-order valence-corrected chi connectivity index (χ0v) is 8.03. The molecule has 0 saturated heterocycles. The highest BCUT2D eigenvalue weighted by molar-refractivity contribution is 5.96. The van der Waals surface area contributed by atoms with E-state index in [1.807, 2.05) is 7.05 Å². The molecule has 0 bridgehead atoms. The van der Waals surface area contributed by atoms with Crippen LogP contribution in [0.5, 0.6) is 0 Å². The van der Waals surface area contributed by atoms with Crippen molar-refractivity contribution in [3.8, 4) is 0 Å². The topological polar surface area (TPSA) is 30.2 Å². The molecule has 0 atom stereocenters. The van der Waals surface area contributed by atoms with Gasteiger partial charge in [-0.1, -0.05) is 0 Å². The van der Waals surface area contributed by atoms with Crippen molar-refractivity contribution in [2.24, 2.45) is 12.0 Å². The molecule has 0 aliphatic heterocycles. The monoisotopic (exact) mass is 191 g/mol. The molecule has 14 heavy (non-hydrogen) atoms. The van der Waals surface area contributed by atoms with E-state index in [1.165, 1.54) is 12.1 Å². The van der Waals surface area contributed by atoms with Gasteiger partial charge in [0.15, 0.2) is 0 Å². The van der Waals surface area contributed by atoms with Crippen molar-refractivity contribution in [3.63, 3.8) is 0 Å². The average Bonchev–Trinajstić information content (AvgIpc) is 2.44. The van der Waals surface area contributed by atoms with Crippen molar-refractivity contribution in [2.45, 2.75) is 0 Å². The lowest BCUT2D eigenvalue weighted by molar-refractivity contribution is 0.629. The van der Waals surface area contributed by atoms with E-state index in [4.69, 9.17) is 0 Å². The first-order valence-corrected chi connectivity index (χ1v) is 4.27. The Kier molecular flexibility index (Phi) is 2.04. The van der Waals surface area contributed by atoms with Gasteiger partial charge in [-0.15, -0.1) is 0 Å². The number of hydrogen-bond donors (Lipinski definition) is 0. The lowest BCUT2D eigenvalue weighted by Gasteiger charge is -1.92. The van der Waals surface area contributed by atoms with Crippen LogP contribution < -0.4 is 0 Å². The van der Waals surface area contributed by atoms with Gasteiger partial charge in [-0.05, 0) is 18.2 Å². The molecule has 3 nitrogen and oxygen atoms in total. The van der Waals surface area contributed by atoms with Crippen molar-refractivity contribution < 1.29 is 4.39 Å². The number of aryl methyl sites for hydroxylation is 1. The summed E-state index contributed by atoms with van der Waals surface area (Å²) in [4.78, 5) is 3.88. The number of nitrogens with zero attached hydrogens (tertiary/aromatic N) is 3. The first-order chi connectivity index (χ1) is 6.72. The van der Waals surface area contributed by atoms with E-state index in [0.717, 1.165) is 10.9 Å². The largest absolute Gasteiger partial charge is 0.294 e. The molecule has 0 saturated carbocycles. The highest BCUT2D eigenvalue weighted by Gasteiger charge is 2.06. The number of fused-ring (bicyclic) bond motifs is 1. The van der Waals surface area contributed by atoms with Crippen LogP contribution in [0, 0.1) is 5.82 Å². The second kappa shape index (κ2) is 3.21. The van der Waals surface area contributed by atoms with Crippen LogP contribution in [0.1, 0.15) is 5.69 Å². The Morgan fingerprint density at radius 1 is 1.50 bits per heavy atom. The van der Waals surface area contributed by atoms with Gasteiger partial charge in [-0.3, -0.25) is 9.67 Å². The lowest BCUT2D eigenvalue weighted by atomic mass is 10.2. The minimum Gasteiger partial charge on any atom is -0.294 e. The maximum absolute atomic E-state index is 13.0. The predicted octanol–water partition coefficient (Wildman–Crippen LogP) is 1.76. The number of aromatic nitrogens is 2. The number of rotatable bonds is 1. The third-order valence-corrected chi connectivity index (χ3v) is 2.09. The number of aliphatic imine (C=N–C) groups is 1.